The number of aryl methyl sites for hydroxylation is 3. The average Bonchev–Trinajstić information content (AvgIpc) is 3.39. The summed E-state index contributed by atoms with van der Waals surface area (Å²) in [6, 6.07) is 7.09. The van der Waals surface area contributed by atoms with E-state index in [0.29, 0.717) is 48.0 Å². The first-order valence-corrected chi connectivity index (χ1v) is 14.1. The van der Waals surface area contributed by atoms with Crippen LogP contribution in [0.25, 0.3) is 11.0 Å². The summed E-state index contributed by atoms with van der Waals surface area (Å²) in [7, 11) is 0.142. The third-order valence-electron chi connectivity index (χ3n) is 6.69. The van der Waals surface area contributed by atoms with E-state index in [9.17, 15) is 13.2 Å². The molecule has 0 aliphatic carbocycles. The molecule has 4 rings (SSSR count). The molecule has 2 N–H and O–H groups in total. The van der Waals surface area contributed by atoms with Crippen LogP contribution in [0.4, 0.5) is 0 Å². The number of likely N-dealkylation sites (tertiary alicyclic amines) is 1. The standard InChI is InChI=1S/C25H36N6O4S/c1-4-9-19-23-24(31(3)29-19)25(32)28-22(27-23)13-8-17-35-20-11-5-6-12-21(20)36(33,34)26-15-14-18-10-7-16-30(18)2/h5-6,11-12,18,26H,4,7-10,13-17H2,1-3H3,(H,27,28,32). The quantitative estimate of drug-likeness (QED) is 0.355. The molecule has 3 heterocycles. The second-order valence-corrected chi connectivity index (χ2v) is 11.1. The molecule has 10 nitrogen and oxygen atoms in total. The monoisotopic (exact) mass is 516 g/mol. The molecule has 2 aromatic heterocycles. The van der Waals surface area contributed by atoms with Gasteiger partial charge in [0.1, 0.15) is 22.0 Å². The van der Waals surface area contributed by atoms with E-state index < -0.39 is 10.0 Å². The summed E-state index contributed by atoms with van der Waals surface area (Å²) in [4.78, 5) is 22.5. The molecule has 0 amide bonds. The van der Waals surface area contributed by atoms with Crippen LogP contribution in [-0.4, -0.2) is 65.9 Å². The summed E-state index contributed by atoms with van der Waals surface area (Å²) in [5.41, 5.74) is 1.74. The smallest absolute Gasteiger partial charge is 0.277 e. The third kappa shape index (κ3) is 5.96. The van der Waals surface area contributed by atoms with Crippen LogP contribution in [0.3, 0.4) is 0 Å². The maximum atomic E-state index is 12.9. The molecule has 36 heavy (non-hydrogen) atoms. The Morgan fingerprint density at radius 3 is 2.78 bits per heavy atom. The van der Waals surface area contributed by atoms with Gasteiger partial charge in [-0.3, -0.25) is 9.48 Å². The van der Waals surface area contributed by atoms with E-state index in [2.05, 4.69) is 38.7 Å². The number of aromatic amines is 1. The molecular weight excluding hydrogens is 480 g/mol. The van der Waals surface area contributed by atoms with Crippen LogP contribution in [0.5, 0.6) is 5.75 Å². The van der Waals surface area contributed by atoms with Crippen molar-refractivity contribution >= 4 is 21.1 Å². The molecule has 196 valence electrons. The van der Waals surface area contributed by atoms with Crippen LogP contribution in [0.15, 0.2) is 34.0 Å². The SMILES string of the molecule is CCCc1nn(C)c2c(=O)[nH]c(CCCOc3ccccc3S(=O)(=O)NCCC3CCCN3C)nc12. The predicted molar refractivity (Wildman–Crippen MR) is 139 cm³/mol. The van der Waals surface area contributed by atoms with E-state index in [1.807, 2.05) is 0 Å². The molecule has 0 bridgehead atoms. The summed E-state index contributed by atoms with van der Waals surface area (Å²) in [5.74, 6) is 0.887. The molecule has 0 radical (unpaired) electrons. The van der Waals surface area contributed by atoms with Crippen molar-refractivity contribution in [2.45, 2.75) is 62.8 Å². The second kappa shape index (κ2) is 11.5. The van der Waals surface area contributed by atoms with Gasteiger partial charge in [0.25, 0.3) is 5.56 Å². The molecular formula is C25H36N6O4S. The van der Waals surface area contributed by atoms with Crippen molar-refractivity contribution in [1.29, 1.82) is 0 Å². The van der Waals surface area contributed by atoms with Gasteiger partial charge >= 0.3 is 0 Å². The second-order valence-electron chi connectivity index (χ2n) is 9.39. The number of hydrogen-bond acceptors (Lipinski definition) is 7. The average molecular weight is 517 g/mol. The van der Waals surface area contributed by atoms with E-state index in [1.165, 1.54) is 0 Å². The van der Waals surface area contributed by atoms with Crippen molar-refractivity contribution in [2.75, 3.05) is 26.7 Å². The molecule has 11 heteroatoms. The number of hydrogen-bond donors (Lipinski definition) is 2. The summed E-state index contributed by atoms with van der Waals surface area (Å²) in [5, 5.41) is 4.44. The molecule has 3 aromatic rings. The molecule has 1 aliphatic heterocycles. The van der Waals surface area contributed by atoms with Gasteiger partial charge in [-0.1, -0.05) is 25.5 Å². The molecule has 1 unspecified atom stereocenters. The van der Waals surface area contributed by atoms with E-state index in [4.69, 9.17) is 4.74 Å². The highest BCUT2D eigenvalue weighted by atomic mass is 32.2. The summed E-state index contributed by atoms with van der Waals surface area (Å²) >= 11 is 0. The lowest BCUT2D eigenvalue weighted by molar-refractivity contribution is 0.296. The van der Waals surface area contributed by atoms with Crippen LogP contribution in [0, 0.1) is 0 Å². The lowest BCUT2D eigenvalue weighted by Crippen LogP contribution is -2.32. The summed E-state index contributed by atoms with van der Waals surface area (Å²) in [6.45, 7) is 3.80. The molecule has 1 aromatic carbocycles. The Morgan fingerprint density at radius 1 is 1.22 bits per heavy atom. The molecule has 1 saturated heterocycles. The number of sulfonamides is 1. The van der Waals surface area contributed by atoms with Crippen LogP contribution in [0.1, 0.15) is 50.5 Å². The fourth-order valence-electron chi connectivity index (χ4n) is 4.81. The van der Waals surface area contributed by atoms with Gasteiger partial charge in [-0.2, -0.15) is 5.10 Å². The fourth-order valence-corrected chi connectivity index (χ4v) is 6.00. The van der Waals surface area contributed by atoms with E-state index in [1.54, 1.807) is 36.0 Å². The molecule has 0 spiro atoms. The Kier molecular flexibility index (Phi) is 8.43. The number of para-hydroxylation sites is 1. The minimum Gasteiger partial charge on any atom is -0.492 e. The van der Waals surface area contributed by atoms with Crippen LogP contribution in [0.2, 0.25) is 0 Å². The first kappa shape index (κ1) is 26.3. The Balaban J connectivity index is 1.36. The van der Waals surface area contributed by atoms with Crippen molar-refractivity contribution in [3.05, 3.63) is 46.1 Å². The van der Waals surface area contributed by atoms with Crippen molar-refractivity contribution < 1.29 is 13.2 Å². The molecule has 0 saturated carbocycles. The zero-order chi connectivity index (χ0) is 25.7. The Labute approximate surface area is 212 Å². The number of fused-ring (bicyclic) bond motifs is 1. The number of ether oxygens (including phenoxy) is 1. The van der Waals surface area contributed by atoms with Gasteiger partial charge in [-0.05, 0) is 57.8 Å². The van der Waals surface area contributed by atoms with Crippen molar-refractivity contribution in [3.8, 4) is 5.75 Å². The maximum Gasteiger partial charge on any atom is 0.277 e. The van der Waals surface area contributed by atoms with Crippen molar-refractivity contribution in [3.63, 3.8) is 0 Å². The number of H-pyrrole nitrogens is 1. The number of nitrogens with one attached hydrogen (secondary N) is 2. The first-order valence-electron chi connectivity index (χ1n) is 12.7. The Bertz CT molecular complexity index is 1350. The highest BCUT2D eigenvalue weighted by Crippen LogP contribution is 2.24. The summed E-state index contributed by atoms with van der Waals surface area (Å²) in [6.07, 6.45) is 5.77. The first-order chi connectivity index (χ1) is 17.3. The van der Waals surface area contributed by atoms with Gasteiger partial charge in [-0.15, -0.1) is 0 Å². The van der Waals surface area contributed by atoms with Gasteiger partial charge in [0.15, 0.2) is 5.52 Å². The van der Waals surface area contributed by atoms with Gasteiger partial charge in [0.2, 0.25) is 10.0 Å². The van der Waals surface area contributed by atoms with E-state index >= 15 is 0 Å². The van der Waals surface area contributed by atoms with E-state index in [-0.39, 0.29) is 17.1 Å². The molecule has 1 aliphatic rings. The van der Waals surface area contributed by atoms with E-state index in [0.717, 1.165) is 44.3 Å². The van der Waals surface area contributed by atoms with Crippen molar-refractivity contribution in [1.82, 2.24) is 29.4 Å². The van der Waals surface area contributed by atoms with Crippen LogP contribution >= 0.6 is 0 Å². The van der Waals surface area contributed by atoms with Gasteiger partial charge in [0.05, 0.1) is 12.3 Å². The minimum absolute atomic E-state index is 0.136. The fraction of sp³-hybridized carbons (Fsp3) is 0.560. The molecule has 1 fully saturated rings. The highest BCUT2D eigenvalue weighted by molar-refractivity contribution is 7.89. The van der Waals surface area contributed by atoms with Crippen LogP contribution in [-0.2, 0) is 29.9 Å². The molecule has 1 atom stereocenters. The van der Waals surface area contributed by atoms with Gasteiger partial charge in [-0.25, -0.2) is 18.1 Å². The van der Waals surface area contributed by atoms with Gasteiger partial charge < -0.3 is 14.6 Å². The number of rotatable bonds is 12. The Hall–Kier alpha value is -2.76. The lowest BCUT2D eigenvalue weighted by Gasteiger charge is -2.19. The number of aromatic nitrogens is 4. The number of nitrogens with zero attached hydrogens (tertiary/aromatic N) is 4. The van der Waals surface area contributed by atoms with Crippen LogP contribution < -0.4 is 15.0 Å². The maximum absolute atomic E-state index is 12.9. The highest BCUT2D eigenvalue weighted by Gasteiger charge is 2.23. The zero-order valence-electron chi connectivity index (χ0n) is 21.3. The summed E-state index contributed by atoms with van der Waals surface area (Å²) < 4.78 is 36.1. The third-order valence-corrected chi connectivity index (χ3v) is 8.19. The minimum atomic E-state index is -3.69. The van der Waals surface area contributed by atoms with Crippen molar-refractivity contribution in [2.24, 2.45) is 7.05 Å². The topological polar surface area (TPSA) is 122 Å². The van der Waals surface area contributed by atoms with Gasteiger partial charge in [0, 0.05) is 26.1 Å². The normalized spacial score (nSPS) is 16.7. The Morgan fingerprint density at radius 2 is 2.03 bits per heavy atom. The largest absolute Gasteiger partial charge is 0.492 e. The predicted octanol–water partition coefficient (Wildman–Crippen LogP) is 2.38. The number of benzene rings is 1. The lowest BCUT2D eigenvalue weighted by atomic mass is 10.1. The zero-order valence-corrected chi connectivity index (χ0v) is 22.1.